The number of unbranched alkanes of at least 4 members (excludes halogenated alkanes) is 1. The number of carbonyl (C=O) groups is 1. The fourth-order valence-corrected chi connectivity index (χ4v) is 3.31. The molecule has 0 unspecified atom stereocenters. The molecule has 0 bridgehead atoms. The maximum atomic E-state index is 12.1. The summed E-state index contributed by atoms with van der Waals surface area (Å²) >= 11 is 0. The molecule has 0 N–H and O–H groups in total. The van der Waals surface area contributed by atoms with Gasteiger partial charge in [-0.25, -0.2) is 9.78 Å². The summed E-state index contributed by atoms with van der Waals surface area (Å²) in [4.78, 5) is 18.1. The van der Waals surface area contributed by atoms with Crippen molar-refractivity contribution in [1.82, 2.24) is 29.2 Å². The average Bonchev–Trinajstić information content (AvgIpc) is 3.22. The number of likely N-dealkylation sites (tertiary alicyclic amines) is 1. The van der Waals surface area contributed by atoms with Crippen LogP contribution in [0.25, 0.3) is 0 Å². The molecule has 3 heterocycles. The molecule has 1 amide bonds. The second kappa shape index (κ2) is 8.33. The summed E-state index contributed by atoms with van der Waals surface area (Å²) in [6.45, 7) is 6.65. The Balaban J connectivity index is 1.56. The molecule has 8 nitrogen and oxygen atoms in total. The van der Waals surface area contributed by atoms with Crippen LogP contribution < -0.4 is 0 Å². The second-order valence-electron chi connectivity index (χ2n) is 6.87. The van der Waals surface area contributed by atoms with E-state index < -0.39 is 0 Å². The van der Waals surface area contributed by atoms with Crippen LogP contribution in [0.2, 0.25) is 0 Å². The molecule has 0 aliphatic carbocycles. The van der Waals surface area contributed by atoms with E-state index in [-0.39, 0.29) is 6.09 Å². The minimum Gasteiger partial charge on any atom is -0.449 e. The predicted molar refractivity (Wildman–Crippen MR) is 96.9 cm³/mol. The van der Waals surface area contributed by atoms with E-state index in [1.165, 1.54) is 0 Å². The van der Waals surface area contributed by atoms with E-state index in [1.807, 2.05) is 20.2 Å². The summed E-state index contributed by atoms with van der Waals surface area (Å²) in [6, 6.07) is 0. The summed E-state index contributed by atoms with van der Waals surface area (Å²) in [5.74, 6) is 3.20. The first-order chi connectivity index (χ1) is 12.6. The van der Waals surface area contributed by atoms with Crippen LogP contribution in [0, 0.1) is 6.92 Å². The van der Waals surface area contributed by atoms with Crippen molar-refractivity contribution >= 4 is 6.09 Å². The SMILES string of the molecule is CCCCOC(=O)N1CCC(c2nnc(Cn3ccnc3C)n2C)CC1. The third kappa shape index (κ3) is 4.05. The van der Waals surface area contributed by atoms with Gasteiger partial charge in [0.15, 0.2) is 5.82 Å². The van der Waals surface area contributed by atoms with Crippen molar-refractivity contribution in [2.45, 2.75) is 52.0 Å². The van der Waals surface area contributed by atoms with Crippen molar-refractivity contribution in [1.29, 1.82) is 0 Å². The highest BCUT2D eigenvalue weighted by Gasteiger charge is 2.28. The quantitative estimate of drug-likeness (QED) is 0.740. The number of aryl methyl sites for hydroxylation is 1. The zero-order valence-electron chi connectivity index (χ0n) is 15.9. The van der Waals surface area contributed by atoms with Crippen LogP contribution in [0.4, 0.5) is 4.79 Å². The van der Waals surface area contributed by atoms with Crippen molar-refractivity contribution in [2.24, 2.45) is 7.05 Å². The van der Waals surface area contributed by atoms with Gasteiger partial charge >= 0.3 is 6.09 Å². The van der Waals surface area contributed by atoms with Crippen LogP contribution in [-0.4, -0.2) is 55.0 Å². The zero-order chi connectivity index (χ0) is 18.5. The summed E-state index contributed by atoms with van der Waals surface area (Å²) in [5, 5.41) is 8.79. The molecular weight excluding hydrogens is 332 g/mol. The zero-order valence-corrected chi connectivity index (χ0v) is 15.9. The van der Waals surface area contributed by atoms with Crippen LogP contribution in [0.15, 0.2) is 12.4 Å². The third-order valence-electron chi connectivity index (χ3n) is 5.08. The first-order valence-electron chi connectivity index (χ1n) is 9.37. The maximum Gasteiger partial charge on any atom is 0.409 e. The number of carbonyl (C=O) groups excluding carboxylic acids is 1. The Hall–Kier alpha value is -2.38. The van der Waals surface area contributed by atoms with Crippen molar-refractivity contribution in [2.75, 3.05) is 19.7 Å². The Morgan fingerprint density at radius 1 is 1.31 bits per heavy atom. The molecule has 142 valence electrons. The molecule has 1 aliphatic rings. The number of rotatable bonds is 6. The summed E-state index contributed by atoms with van der Waals surface area (Å²) in [7, 11) is 2.02. The highest BCUT2D eigenvalue weighted by molar-refractivity contribution is 5.67. The topological polar surface area (TPSA) is 78.1 Å². The van der Waals surface area contributed by atoms with Crippen LogP contribution in [0.3, 0.4) is 0 Å². The van der Waals surface area contributed by atoms with E-state index in [4.69, 9.17) is 4.74 Å². The normalized spacial score (nSPS) is 15.4. The number of imidazole rings is 1. The second-order valence-corrected chi connectivity index (χ2v) is 6.87. The average molecular weight is 360 g/mol. The molecule has 2 aromatic rings. The Labute approximate surface area is 154 Å². The van der Waals surface area contributed by atoms with Crippen molar-refractivity contribution in [3.8, 4) is 0 Å². The van der Waals surface area contributed by atoms with E-state index in [1.54, 1.807) is 11.1 Å². The molecule has 2 aromatic heterocycles. The lowest BCUT2D eigenvalue weighted by molar-refractivity contribution is 0.0910. The van der Waals surface area contributed by atoms with Gasteiger partial charge in [-0.1, -0.05) is 13.3 Å². The minimum atomic E-state index is -0.189. The molecule has 26 heavy (non-hydrogen) atoms. The molecule has 0 saturated carbocycles. The minimum absolute atomic E-state index is 0.189. The molecule has 3 rings (SSSR count). The molecule has 8 heteroatoms. The van der Waals surface area contributed by atoms with Crippen LogP contribution >= 0.6 is 0 Å². The van der Waals surface area contributed by atoms with Gasteiger partial charge in [0.2, 0.25) is 0 Å². The van der Waals surface area contributed by atoms with E-state index in [0.29, 0.717) is 32.2 Å². The molecule has 0 radical (unpaired) electrons. The van der Waals surface area contributed by atoms with Crippen LogP contribution in [0.5, 0.6) is 0 Å². The van der Waals surface area contributed by atoms with Gasteiger partial charge in [0.25, 0.3) is 0 Å². The molecule has 0 atom stereocenters. The van der Waals surface area contributed by atoms with Gasteiger partial charge in [-0.05, 0) is 26.2 Å². The number of nitrogens with zero attached hydrogens (tertiary/aromatic N) is 6. The van der Waals surface area contributed by atoms with E-state index in [2.05, 4.69) is 31.2 Å². The molecule has 0 spiro atoms. The fraction of sp³-hybridized carbons (Fsp3) is 0.667. The van der Waals surface area contributed by atoms with Gasteiger partial charge in [0.1, 0.15) is 11.6 Å². The Morgan fingerprint density at radius 2 is 2.08 bits per heavy atom. The highest BCUT2D eigenvalue weighted by atomic mass is 16.6. The molecule has 1 fully saturated rings. The van der Waals surface area contributed by atoms with E-state index >= 15 is 0 Å². The lowest BCUT2D eigenvalue weighted by Crippen LogP contribution is -2.38. The number of hydrogen-bond acceptors (Lipinski definition) is 5. The van der Waals surface area contributed by atoms with Crippen molar-refractivity contribution < 1.29 is 9.53 Å². The smallest absolute Gasteiger partial charge is 0.409 e. The number of aromatic nitrogens is 5. The Bertz CT molecular complexity index is 730. The summed E-state index contributed by atoms with van der Waals surface area (Å²) < 4.78 is 9.45. The lowest BCUT2D eigenvalue weighted by Gasteiger charge is -2.30. The summed E-state index contributed by atoms with van der Waals surface area (Å²) in [6.07, 6.45) is 7.28. The Morgan fingerprint density at radius 3 is 2.73 bits per heavy atom. The number of ether oxygens (including phenoxy) is 1. The number of hydrogen-bond donors (Lipinski definition) is 0. The van der Waals surface area contributed by atoms with Gasteiger partial charge < -0.3 is 18.8 Å². The fourth-order valence-electron chi connectivity index (χ4n) is 3.31. The molecule has 1 saturated heterocycles. The number of piperidine rings is 1. The first kappa shape index (κ1) is 18.4. The lowest BCUT2D eigenvalue weighted by atomic mass is 9.96. The van der Waals surface area contributed by atoms with E-state index in [0.717, 1.165) is 43.2 Å². The maximum absolute atomic E-state index is 12.1. The van der Waals surface area contributed by atoms with Gasteiger partial charge in [0, 0.05) is 38.4 Å². The van der Waals surface area contributed by atoms with Gasteiger partial charge in [-0.3, -0.25) is 0 Å². The van der Waals surface area contributed by atoms with Gasteiger partial charge in [-0.2, -0.15) is 0 Å². The van der Waals surface area contributed by atoms with Crippen molar-refractivity contribution in [3.63, 3.8) is 0 Å². The van der Waals surface area contributed by atoms with Gasteiger partial charge in [0.05, 0.1) is 13.2 Å². The largest absolute Gasteiger partial charge is 0.449 e. The Kier molecular flexibility index (Phi) is 5.90. The highest BCUT2D eigenvalue weighted by Crippen LogP contribution is 2.27. The molecular formula is C18H28N6O2. The first-order valence-corrected chi connectivity index (χ1v) is 9.37. The van der Waals surface area contributed by atoms with Gasteiger partial charge in [-0.15, -0.1) is 10.2 Å². The number of amides is 1. The summed E-state index contributed by atoms with van der Waals surface area (Å²) in [5.41, 5.74) is 0. The molecule has 1 aliphatic heterocycles. The van der Waals surface area contributed by atoms with Crippen LogP contribution in [-0.2, 0) is 18.3 Å². The third-order valence-corrected chi connectivity index (χ3v) is 5.08. The standard InChI is InChI=1S/C18H28N6O2/c1-4-5-12-26-18(25)23-9-6-15(7-10-23)17-21-20-16(22(17)3)13-24-11-8-19-14(24)2/h8,11,15H,4-7,9-10,12-13H2,1-3H3. The van der Waals surface area contributed by atoms with E-state index in [9.17, 15) is 4.79 Å². The van der Waals surface area contributed by atoms with Crippen molar-refractivity contribution in [3.05, 3.63) is 29.9 Å². The molecule has 0 aromatic carbocycles. The monoisotopic (exact) mass is 360 g/mol. The van der Waals surface area contributed by atoms with Crippen LogP contribution in [0.1, 0.15) is 56.0 Å². The predicted octanol–water partition coefficient (Wildman–Crippen LogP) is 2.48.